The number of rotatable bonds is 7. The van der Waals surface area contributed by atoms with Crippen LogP contribution in [0.25, 0.3) is 0 Å². The van der Waals surface area contributed by atoms with Crippen LogP contribution in [-0.2, 0) is 14.4 Å². The average molecular weight is 494 g/mol. The van der Waals surface area contributed by atoms with Gasteiger partial charge in [-0.25, -0.2) is 0 Å². The van der Waals surface area contributed by atoms with E-state index in [0.717, 1.165) is 17.0 Å². The van der Waals surface area contributed by atoms with Crippen LogP contribution in [0.5, 0.6) is 11.5 Å². The average Bonchev–Trinajstić information content (AvgIpc) is 3.52. The predicted molar refractivity (Wildman–Crippen MR) is 130 cm³/mol. The summed E-state index contributed by atoms with van der Waals surface area (Å²) in [6.45, 7) is 1.66. The molecule has 5 rings (SSSR count). The normalized spacial score (nSPS) is 24.4. The van der Waals surface area contributed by atoms with Crippen LogP contribution in [0.2, 0.25) is 5.02 Å². The van der Waals surface area contributed by atoms with Gasteiger partial charge in [-0.05, 0) is 43.4 Å². The Hall–Kier alpha value is -3.65. The lowest BCUT2D eigenvalue weighted by molar-refractivity contribution is -0.140. The maximum absolute atomic E-state index is 12.9. The van der Waals surface area contributed by atoms with Gasteiger partial charge in [0.2, 0.25) is 0 Å². The molecular formula is C26H24ClN3O5. The number of aryl methyl sites for hydroxylation is 1. The number of carbonyl (C=O) groups excluding carboxylic acids is 3. The van der Waals surface area contributed by atoms with Crippen molar-refractivity contribution in [2.24, 2.45) is 28.8 Å². The second kappa shape index (κ2) is 9.19. The number of hydrogen-bond acceptors (Lipinski definition) is 6. The molecule has 2 aliphatic carbocycles. The number of nitrogens with one attached hydrogen (secondary N) is 1. The van der Waals surface area contributed by atoms with Crippen LogP contribution < -0.4 is 14.8 Å². The van der Waals surface area contributed by atoms with Gasteiger partial charge < -0.3 is 14.8 Å². The van der Waals surface area contributed by atoms with Crippen molar-refractivity contribution < 1.29 is 23.9 Å². The monoisotopic (exact) mass is 493 g/mol. The van der Waals surface area contributed by atoms with Crippen molar-refractivity contribution in [2.45, 2.75) is 13.3 Å². The second-order valence-corrected chi connectivity index (χ2v) is 9.40. The van der Waals surface area contributed by atoms with E-state index in [-0.39, 0.29) is 53.7 Å². The molecule has 1 saturated carbocycles. The SMILES string of the molecule is COc1cc(Cl)cc(C=NN2C(=O)[C@@H]3[C@H](C2=O)[C@H]2C=C[C@H]3C2)c1OCC(=O)Nc1ccc(C)cc1. The van der Waals surface area contributed by atoms with Crippen LogP contribution in [-0.4, -0.2) is 42.7 Å². The lowest BCUT2D eigenvalue weighted by Gasteiger charge is -2.15. The van der Waals surface area contributed by atoms with E-state index in [1.165, 1.54) is 13.3 Å². The first-order valence-corrected chi connectivity index (χ1v) is 11.7. The number of nitrogens with zero attached hydrogens (tertiary/aromatic N) is 2. The smallest absolute Gasteiger partial charge is 0.262 e. The summed E-state index contributed by atoms with van der Waals surface area (Å²) in [7, 11) is 1.45. The number of allylic oxidation sites excluding steroid dienone is 2. The van der Waals surface area contributed by atoms with E-state index in [4.69, 9.17) is 21.1 Å². The molecular weight excluding hydrogens is 470 g/mol. The van der Waals surface area contributed by atoms with Crippen LogP contribution in [0.15, 0.2) is 53.7 Å². The predicted octanol–water partition coefficient (Wildman–Crippen LogP) is 3.82. The first-order valence-electron chi connectivity index (χ1n) is 11.3. The molecule has 3 aliphatic rings. The Bertz CT molecular complexity index is 1230. The molecule has 35 heavy (non-hydrogen) atoms. The molecule has 1 saturated heterocycles. The van der Waals surface area contributed by atoms with E-state index in [9.17, 15) is 14.4 Å². The molecule has 2 fully saturated rings. The maximum Gasteiger partial charge on any atom is 0.262 e. The van der Waals surface area contributed by atoms with Crippen molar-refractivity contribution in [1.82, 2.24) is 5.01 Å². The highest BCUT2D eigenvalue weighted by Crippen LogP contribution is 2.52. The van der Waals surface area contributed by atoms with E-state index in [2.05, 4.69) is 10.4 Å². The van der Waals surface area contributed by atoms with Gasteiger partial charge in [-0.1, -0.05) is 41.4 Å². The highest BCUT2D eigenvalue weighted by atomic mass is 35.5. The lowest BCUT2D eigenvalue weighted by Crippen LogP contribution is -2.28. The highest BCUT2D eigenvalue weighted by Gasteiger charge is 2.59. The zero-order valence-corrected chi connectivity index (χ0v) is 20.0. The number of methoxy groups -OCH3 is 1. The number of ether oxygens (including phenoxy) is 2. The number of hydrazone groups is 1. The molecule has 0 unspecified atom stereocenters. The van der Waals surface area contributed by atoms with Crippen molar-refractivity contribution in [2.75, 3.05) is 19.0 Å². The summed E-state index contributed by atoms with van der Waals surface area (Å²) in [5.41, 5.74) is 2.10. The molecule has 9 heteroatoms. The number of halogens is 1. The maximum atomic E-state index is 12.9. The highest BCUT2D eigenvalue weighted by molar-refractivity contribution is 6.31. The molecule has 0 aromatic heterocycles. The largest absolute Gasteiger partial charge is 0.493 e. The Balaban J connectivity index is 1.34. The molecule has 2 aromatic carbocycles. The third-order valence-corrected chi connectivity index (χ3v) is 6.93. The summed E-state index contributed by atoms with van der Waals surface area (Å²) < 4.78 is 11.2. The van der Waals surface area contributed by atoms with Crippen molar-refractivity contribution in [3.05, 3.63) is 64.7 Å². The first kappa shape index (κ1) is 23.1. The fourth-order valence-corrected chi connectivity index (χ4v) is 5.30. The molecule has 8 nitrogen and oxygen atoms in total. The molecule has 0 spiro atoms. The summed E-state index contributed by atoms with van der Waals surface area (Å²) in [6, 6.07) is 10.5. The quantitative estimate of drug-likeness (QED) is 0.359. The van der Waals surface area contributed by atoms with Gasteiger partial charge >= 0.3 is 0 Å². The summed E-state index contributed by atoms with van der Waals surface area (Å²) in [5, 5.41) is 8.26. The number of fused-ring (bicyclic) bond motifs is 5. The lowest BCUT2D eigenvalue weighted by atomic mass is 9.85. The Kier molecular flexibility index (Phi) is 6.06. The van der Waals surface area contributed by atoms with Gasteiger partial charge in [-0.15, -0.1) is 0 Å². The zero-order valence-electron chi connectivity index (χ0n) is 19.2. The molecule has 2 aromatic rings. The minimum absolute atomic E-state index is 0.0962. The van der Waals surface area contributed by atoms with Gasteiger partial charge in [0, 0.05) is 22.3 Å². The van der Waals surface area contributed by atoms with E-state index < -0.39 is 0 Å². The van der Waals surface area contributed by atoms with Gasteiger partial charge in [0.15, 0.2) is 18.1 Å². The number of hydrogen-bond donors (Lipinski definition) is 1. The fraction of sp³-hybridized carbons (Fsp3) is 0.308. The van der Waals surface area contributed by atoms with Gasteiger partial charge in [0.25, 0.3) is 17.7 Å². The standard InChI is InChI=1S/C26H24ClN3O5/c1-14-3-7-19(8-4-14)29-21(31)13-35-24-17(10-18(27)11-20(24)34-2)12-28-30-25(32)22-15-5-6-16(9-15)23(22)26(30)33/h3-8,10-12,15-16,22-23H,9,13H2,1-2H3,(H,29,31)/t15-,16-,22-,23+/m0/s1. The third kappa shape index (κ3) is 4.30. The van der Waals surface area contributed by atoms with Crippen molar-refractivity contribution in [1.29, 1.82) is 0 Å². The third-order valence-electron chi connectivity index (χ3n) is 6.71. The Morgan fingerprint density at radius 1 is 1.14 bits per heavy atom. The van der Waals surface area contributed by atoms with Crippen LogP contribution in [0, 0.1) is 30.6 Å². The molecule has 1 aliphatic heterocycles. The molecule has 1 heterocycles. The van der Waals surface area contributed by atoms with Crippen LogP contribution in [0.4, 0.5) is 5.69 Å². The molecule has 1 N–H and O–H groups in total. The Labute approximate surface area is 207 Å². The Morgan fingerprint density at radius 2 is 1.80 bits per heavy atom. The van der Waals surface area contributed by atoms with Crippen molar-refractivity contribution in [3.8, 4) is 11.5 Å². The van der Waals surface area contributed by atoms with Gasteiger partial charge in [0.1, 0.15) is 0 Å². The van der Waals surface area contributed by atoms with Gasteiger partial charge in [-0.3, -0.25) is 14.4 Å². The molecule has 180 valence electrons. The molecule has 3 amide bonds. The van der Waals surface area contributed by atoms with E-state index in [1.54, 1.807) is 24.3 Å². The summed E-state index contributed by atoms with van der Waals surface area (Å²) in [4.78, 5) is 38.3. The number of carbonyl (C=O) groups is 3. The summed E-state index contributed by atoms with van der Waals surface area (Å²) in [6.07, 6.45) is 6.24. The zero-order chi connectivity index (χ0) is 24.7. The summed E-state index contributed by atoms with van der Waals surface area (Å²) >= 11 is 6.23. The molecule has 0 radical (unpaired) electrons. The van der Waals surface area contributed by atoms with E-state index in [0.29, 0.717) is 22.0 Å². The van der Waals surface area contributed by atoms with Crippen LogP contribution in [0.1, 0.15) is 17.5 Å². The number of imide groups is 1. The van der Waals surface area contributed by atoms with Crippen molar-refractivity contribution in [3.63, 3.8) is 0 Å². The topological polar surface area (TPSA) is 97.3 Å². The summed E-state index contributed by atoms with van der Waals surface area (Å²) in [5.74, 6) is -0.924. The number of amides is 3. The van der Waals surface area contributed by atoms with E-state index >= 15 is 0 Å². The number of anilines is 1. The fourth-order valence-electron chi connectivity index (χ4n) is 5.08. The van der Waals surface area contributed by atoms with Crippen molar-refractivity contribution >= 4 is 41.2 Å². The van der Waals surface area contributed by atoms with Crippen LogP contribution in [0.3, 0.4) is 0 Å². The second-order valence-electron chi connectivity index (χ2n) is 8.96. The molecule has 2 bridgehead atoms. The first-order chi connectivity index (χ1) is 16.9. The minimum atomic E-state index is -0.366. The molecule has 4 atom stereocenters. The van der Waals surface area contributed by atoms with Gasteiger partial charge in [-0.2, -0.15) is 10.1 Å². The van der Waals surface area contributed by atoms with E-state index in [1.807, 2.05) is 31.2 Å². The number of benzene rings is 2. The van der Waals surface area contributed by atoms with Crippen LogP contribution >= 0.6 is 11.6 Å². The minimum Gasteiger partial charge on any atom is -0.493 e. The Morgan fingerprint density at radius 3 is 2.43 bits per heavy atom. The van der Waals surface area contributed by atoms with Gasteiger partial charge in [0.05, 0.1) is 25.2 Å².